The molecule has 1 fully saturated rings. The minimum atomic E-state index is 0.214. The number of hydrogen-bond donors (Lipinski definition) is 0. The molecule has 52 valence electrons. The summed E-state index contributed by atoms with van der Waals surface area (Å²) in [5.41, 5.74) is 0.214. The van der Waals surface area contributed by atoms with E-state index in [-0.39, 0.29) is 11.3 Å². The summed E-state index contributed by atoms with van der Waals surface area (Å²) < 4.78 is 0. The highest BCUT2D eigenvalue weighted by Crippen LogP contribution is 2.28. The zero-order valence-corrected chi connectivity index (χ0v) is 6.27. The van der Waals surface area contributed by atoms with Crippen molar-refractivity contribution >= 4 is 5.91 Å². The molecule has 0 aromatic carbocycles. The Hall–Kier alpha value is -0.530. The summed E-state index contributed by atoms with van der Waals surface area (Å²) in [5, 5.41) is 0. The molecule has 0 unspecified atom stereocenters. The molecule has 0 atom stereocenters. The molecule has 1 amide bonds. The predicted octanol–water partition coefficient (Wildman–Crippen LogP) is 0.875. The van der Waals surface area contributed by atoms with Crippen LogP contribution in [-0.2, 0) is 4.79 Å². The fraction of sp³-hybridized carbons (Fsp3) is 0.857. The first-order chi connectivity index (χ1) is 4.01. The van der Waals surface area contributed by atoms with Gasteiger partial charge in [0.2, 0.25) is 5.91 Å². The standard InChI is InChI=1S/C7H13NO/c1-7(2)4-6(9)8(3)5-7/h4-5H2,1-3H3. The van der Waals surface area contributed by atoms with Gasteiger partial charge in [0.15, 0.2) is 0 Å². The van der Waals surface area contributed by atoms with Crippen LogP contribution < -0.4 is 0 Å². The quantitative estimate of drug-likeness (QED) is 0.473. The molecule has 2 nitrogen and oxygen atoms in total. The lowest BCUT2D eigenvalue weighted by atomic mass is 9.93. The smallest absolute Gasteiger partial charge is 0.222 e. The molecule has 1 aliphatic rings. The van der Waals surface area contributed by atoms with Gasteiger partial charge in [-0.3, -0.25) is 4.79 Å². The molecule has 0 saturated carbocycles. The van der Waals surface area contributed by atoms with Crippen LogP contribution in [0.1, 0.15) is 20.3 Å². The van der Waals surface area contributed by atoms with Gasteiger partial charge in [-0.1, -0.05) is 13.8 Å². The van der Waals surface area contributed by atoms with Gasteiger partial charge in [-0.05, 0) is 5.41 Å². The zero-order chi connectivity index (χ0) is 7.07. The number of hydrogen-bond acceptors (Lipinski definition) is 1. The average Bonchev–Trinajstić information content (AvgIpc) is 1.79. The van der Waals surface area contributed by atoms with Crippen LogP contribution >= 0.6 is 0 Å². The molecule has 0 bridgehead atoms. The fourth-order valence-corrected chi connectivity index (χ4v) is 1.33. The Bertz CT molecular complexity index is 140. The summed E-state index contributed by atoms with van der Waals surface area (Å²) in [6, 6.07) is 0. The third kappa shape index (κ3) is 1.23. The molecule has 2 heteroatoms. The molecule has 0 N–H and O–H groups in total. The van der Waals surface area contributed by atoms with E-state index >= 15 is 0 Å². The monoisotopic (exact) mass is 127 g/mol. The Morgan fingerprint density at radius 1 is 1.56 bits per heavy atom. The van der Waals surface area contributed by atoms with Gasteiger partial charge < -0.3 is 4.90 Å². The third-order valence-electron chi connectivity index (χ3n) is 1.72. The lowest BCUT2D eigenvalue weighted by Crippen LogP contribution is -2.20. The van der Waals surface area contributed by atoms with Crippen LogP contribution in [0.3, 0.4) is 0 Å². The molecular weight excluding hydrogens is 114 g/mol. The van der Waals surface area contributed by atoms with Crippen molar-refractivity contribution in [2.24, 2.45) is 5.41 Å². The van der Waals surface area contributed by atoms with Crippen molar-refractivity contribution in [3.8, 4) is 0 Å². The van der Waals surface area contributed by atoms with Crippen molar-refractivity contribution in [3.05, 3.63) is 0 Å². The molecule has 1 saturated heterocycles. The van der Waals surface area contributed by atoms with E-state index in [1.807, 2.05) is 7.05 Å². The Balaban J connectivity index is 2.65. The van der Waals surface area contributed by atoms with E-state index in [4.69, 9.17) is 0 Å². The Morgan fingerprint density at radius 3 is 2.22 bits per heavy atom. The molecule has 1 aliphatic heterocycles. The molecule has 0 aromatic rings. The number of carbonyl (C=O) groups excluding carboxylic acids is 1. The molecule has 1 heterocycles. The first-order valence-electron chi connectivity index (χ1n) is 3.25. The first kappa shape index (κ1) is 6.59. The van der Waals surface area contributed by atoms with Crippen molar-refractivity contribution < 1.29 is 4.79 Å². The van der Waals surface area contributed by atoms with E-state index in [0.29, 0.717) is 6.42 Å². The van der Waals surface area contributed by atoms with Crippen LogP contribution in [-0.4, -0.2) is 24.4 Å². The normalized spacial score (nSPS) is 25.2. The van der Waals surface area contributed by atoms with E-state index in [2.05, 4.69) is 13.8 Å². The Morgan fingerprint density at radius 2 is 2.11 bits per heavy atom. The highest BCUT2D eigenvalue weighted by atomic mass is 16.2. The maximum Gasteiger partial charge on any atom is 0.222 e. The maximum atomic E-state index is 10.9. The van der Waals surface area contributed by atoms with Gasteiger partial charge in [0.05, 0.1) is 0 Å². The van der Waals surface area contributed by atoms with E-state index in [1.165, 1.54) is 0 Å². The molecule has 1 rings (SSSR count). The van der Waals surface area contributed by atoms with E-state index in [1.54, 1.807) is 4.90 Å². The summed E-state index contributed by atoms with van der Waals surface area (Å²) in [6.45, 7) is 5.15. The van der Waals surface area contributed by atoms with Crippen LogP contribution in [0.25, 0.3) is 0 Å². The van der Waals surface area contributed by atoms with Crippen LogP contribution in [0.4, 0.5) is 0 Å². The first-order valence-corrected chi connectivity index (χ1v) is 3.25. The van der Waals surface area contributed by atoms with Crippen molar-refractivity contribution in [2.75, 3.05) is 13.6 Å². The molecule has 9 heavy (non-hydrogen) atoms. The highest BCUT2D eigenvalue weighted by molar-refractivity contribution is 5.78. The van der Waals surface area contributed by atoms with E-state index in [0.717, 1.165) is 6.54 Å². The second-order valence-corrected chi connectivity index (χ2v) is 3.59. The van der Waals surface area contributed by atoms with Crippen LogP contribution in [0.15, 0.2) is 0 Å². The summed E-state index contributed by atoms with van der Waals surface area (Å²) in [5.74, 6) is 0.278. The van der Waals surface area contributed by atoms with Gasteiger partial charge in [-0.2, -0.15) is 0 Å². The Labute approximate surface area is 55.8 Å². The van der Waals surface area contributed by atoms with Crippen molar-refractivity contribution in [3.63, 3.8) is 0 Å². The van der Waals surface area contributed by atoms with E-state index < -0.39 is 0 Å². The molecule has 0 aliphatic carbocycles. The van der Waals surface area contributed by atoms with Gasteiger partial charge in [-0.25, -0.2) is 0 Å². The summed E-state index contributed by atoms with van der Waals surface area (Å²) in [4.78, 5) is 12.7. The maximum absolute atomic E-state index is 10.9. The lowest BCUT2D eigenvalue weighted by molar-refractivity contribution is -0.126. The topological polar surface area (TPSA) is 20.3 Å². The predicted molar refractivity (Wildman–Crippen MR) is 36.0 cm³/mol. The number of likely N-dealkylation sites (tertiary alicyclic amines) is 1. The van der Waals surface area contributed by atoms with Gasteiger partial charge >= 0.3 is 0 Å². The summed E-state index contributed by atoms with van der Waals surface area (Å²) in [7, 11) is 1.86. The summed E-state index contributed by atoms with van der Waals surface area (Å²) in [6.07, 6.45) is 0.712. The van der Waals surface area contributed by atoms with E-state index in [9.17, 15) is 4.79 Å². The van der Waals surface area contributed by atoms with Crippen LogP contribution in [0.2, 0.25) is 0 Å². The molecule has 0 spiro atoms. The van der Waals surface area contributed by atoms with Gasteiger partial charge in [0.1, 0.15) is 0 Å². The van der Waals surface area contributed by atoms with Gasteiger partial charge in [0, 0.05) is 20.0 Å². The molecular formula is C7H13NO. The Kier molecular flexibility index (Phi) is 1.26. The minimum absolute atomic E-state index is 0.214. The average molecular weight is 127 g/mol. The van der Waals surface area contributed by atoms with Crippen molar-refractivity contribution in [1.82, 2.24) is 4.90 Å². The van der Waals surface area contributed by atoms with Crippen molar-refractivity contribution in [1.29, 1.82) is 0 Å². The largest absolute Gasteiger partial charge is 0.345 e. The fourth-order valence-electron chi connectivity index (χ4n) is 1.33. The minimum Gasteiger partial charge on any atom is -0.345 e. The highest BCUT2D eigenvalue weighted by Gasteiger charge is 2.32. The number of carbonyl (C=O) groups is 1. The number of rotatable bonds is 0. The second-order valence-electron chi connectivity index (χ2n) is 3.59. The SMILES string of the molecule is CN1CC(C)(C)CC1=O. The number of amides is 1. The van der Waals surface area contributed by atoms with Crippen LogP contribution in [0.5, 0.6) is 0 Å². The lowest BCUT2D eigenvalue weighted by Gasteiger charge is -2.14. The zero-order valence-electron chi connectivity index (χ0n) is 6.27. The second kappa shape index (κ2) is 1.72. The molecule has 0 radical (unpaired) electrons. The number of nitrogens with zero attached hydrogens (tertiary/aromatic N) is 1. The molecule has 0 aromatic heterocycles. The van der Waals surface area contributed by atoms with Gasteiger partial charge in [0.25, 0.3) is 0 Å². The van der Waals surface area contributed by atoms with Gasteiger partial charge in [-0.15, -0.1) is 0 Å². The van der Waals surface area contributed by atoms with Crippen LogP contribution in [0, 0.1) is 5.41 Å². The third-order valence-corrected chi connectivity index (χ3v) is 1.72. The van der Waals surface area contributed by atoms with Crippen molar-refractivity contribution in [2.45, 2.75) is 20.3 Å². The summed E-state index contributed by atoms with van der Waals surface area (Å²) >= 11 is 0.